The van der Waals surface area contributed by atoms with E-state index in [1.54, 1.807) is 0 Å². The lowest BCUT2D eigenvalue weighted by molar-refractivity contribution is 0.238. The fourth-order valence-corrected chi connectivity index (χ4v) is 3.96. The van der Waals surface area contributed by atoms with Crippen LogP contribution in [-0.4, -0.2) is 39.8 Å². The summed E-state index contributed by atoms with van der Waals surface area (Å²) in [7, 11) is 0. The first-order valence-corrected chi connectivity index (χ1v) is 8.09. The summed E-state index contributed by atoms with van der Waals surface area (Å²) >= 11 is 0. The van der Waals surface area contributed by atoms with Crippen LogP contribution in [0.2, 0.25) is 0 Å². The first-order chi connectivity index (χ1) is 10.3. The van der Waals surface area contributed by atoms with Gasteiger partial charge in [0.05, 0.1) is 5.54 Å². The van der Waals surface area contributed by atoms with Crippen LogP contribution in [0.25, 0.3) is 5.65 Å². The van der Waals surface area contributed by atoms with E-state index in [9.17, 15) is 0 Å². The largest absolute Gasteiger partial charge is 0.331 e. The second-order valence-electron chi connectivity index (χ2n) is 6.48. The predicted octanol–water partition coefficient (Wildman–Crippen LogP) is 2.15. The third-order valence-corrected chi connectivity index (χ3v) is 5.11. The van der Waals surface area contributed by atoms with Gasteiger partial charge in [0.25, 0.3) is 0 Å². The van der Waals surface area contributed by atoms with Gasteiger partial charge >= 0.3 is 0 Å². The molecule has 0 atom stereocenters. The maximum absolute atomic E-state index is 4.84. The minimum Gasteiger partial charge on any atom is -0.331 e. The van der Waals surface area contributed by atoms with E-state index in [0.717, 1.165) is 31.2 Å². The van der Waals surface area contributed by atoms with Crippen LogP contribution in [-0.2, 0) is 0 Å². The van der Waals surface area contributed by atoms with Gasteiger partial charge in [0, 0.05) is 25.8 Å². The number of nitrogens with one attached hydrogen (secondary N) is 1. The molecule has 0 unspecified atom stereocenters. The van der Waals surface area contributed by atoms with E-state index in [2.05, 4.69) is 23.2 Å². The molecule has 1 saturated heterocycles. The zero-order valence-electron chi connectivity index (χ0n) is 12.7. The van der Waals surface area contributed by atoms with Gasteiger partial charge in [-0.15, -0.1) is 5.10 Å². The number of aromatic nitrogens is 3. The molecule has 112 valence electrons. The Morgan fingerprint density at radius 1 is 1.24 bits per heavy atom. The first-order valence-electron chi connectivity index (χ1n) is 8.09. The van der Waals surface area contributed by atoms with E-state index in [0.29, 0.717) is 0 Å². The molecule has 5 nitrogen and oxygen atoms in total. The highest BCUT2D eigenvalue weighted by atomic mass is 15.4. The number of aryl methyl sites for hydroxylation is 1. The minimum atomic E-state index is 0.231. The molecule has 21 heavy (non-hydrogen) atoms. The summed E-state index contributed by atoms with van der Waals surface area (Å²) in [4.78, 5) is 7.32. The van der Waals surface area contributed by atoms with Crippen molar-refractivity contribution in [2.24, 2.45) is 0 Å². The van der Waals surface area contributed by atoms with Crippen LogP contribution in [0, 0.1) is 6.92 Å². The summed E-state index contributed by atoms with van der Waals surface area (Å²) < 4.78 is 1.92. The topological polar surface area (TPSA) is 45.5 Å². The second kappa shape index (κ2) is 4.98. The van der Waals surface area contributed by atoms with E-state index in [1.807, 2.05) is 16.8 Å². The molecule has 1 N–H and O–H groups in total. The van der Waals surface area contributed by atoms with Crippen LogP contribution in [0.3, 0.4) is 0 Å². The second-order valence-corrected chi connectivity index (χ2v) is 6.48. The number of fused-ring (bicyclic) bond motifs is 1. The van der Waals surface area contributed by atoms with Crippen molar-refractivity contribution in [2.75, 3.05) is 24.5 Å². The van der Waals surface area contributed by atoms with E-state index < -0.39 is 0 Å². The molecule has 2 aromatic rings. The maximum Gasteiger partial charge on any atom is 0.246 e. The number of nitrogens with zero attached hydrogens (tertiary/aromatic N) is 4. The van der Waals surface area contributed by atoms with Gasteiger partial charge in [-0.3, -0.25) is 0 Å². The summed E-state index contributed by atoms with van der Waals surface area (Å²) in [5.41, 5.74) is 2.40. The molecule has 0 aromatic carbocycles. The molecule has 5 heteroatoms. The highest BCUT2D eigenvalue weighted by Gasteiger charge is 2.41. The number of rotatable bonds is 1. The van der Waals surface area contributed by atoms with Crippen molar-refractivity contribution < 1.29 is 0 Å². The van der Waals surface area contributed by atoms with Crippen LogP contribution >= 0.6 is 0 Å². The summed E-state index contributed by atoms with van der Waals surface area (Å²) in [5.74, 6) is 0.910. The molecule has 3 heterocycles. The Hall–Kier alpha value is -1.62. The molecular weight excluding hydrogens is 262 g/mol. The standard InChI is InChI=1S/C16H23N5/c1-13-6-5-10-21-14(13)18-15(19-21)20-11-9-17-12-16(20)7-3-2-4-8-16/h5-6,10,17H,2-4,7-9,11-12H2,1H3. The Balaban J connectivity index is 1.76. The summed E-state index contributed by atoms with van der Waals surface area (Å²) in [6.45, 7) is 5.20. The normalized spacial score (nSPS) is 22.0. The number of piperazine rings is 1. The van der Waals surface area contributed by atoms with Crippen LogP contribution < -0.4 is 10.2 Å². The Labute approximate surface area is 125 Å². The van der Waals surface area contributed by atoms with E-state index in [-0.39, 0.29) is 5.54 Å². The fourth-order valence-electron chi connectivity index (χ4n) is 3.96. The zero-order valence-corrected chi connectivity index (χ0v) is 12.7. The number of hydrogen-bond acceptors (Lipinski definition) is 4. The Bertz CT molecular complexity index is 633. The Morgan fingerprint density at radius 3 is 2.90 bits per heavy atom. The highest BCUT2D eigenvalue weighted by Crippen LogP contribution is 2.36. The van der Waals surface area contributed by atoms with Gasteiger partial charge in [0.2, 0.25) is 5.95 Å². The molecule has 2 aromatic heterocycles. The lowest BCUT2D eigenvalue weighted by Crippen LogP contribution is -2.62. The van der Waals surface area contributed by atoms with E-state index >= 15 is 0 Å². The quantitative estimate of drug-likeness (QED) is 0.872. The third kappa shape index (κ3) is 2.11. The average molecular weight is 285 g/mol. The van der Waals surface area contributed by atoms with Crippen molar-refractivity contribution in [2.45, 2.75) is 44.6 Å². The molecule has 2 aliphatic rings. The van der Waals surface area contributed by atoms with Crippen LogP contribution in [0.5, 0.6) is 0 Å². The van der Waals surface area contributed by atoms with Crippen molar-refractivity contribution >= 4 is 11.6 Å². The van der Waals surface area contributed by atoms with Crippen molar-refractivity contribution in [3.8, 4) is 0 Å². The summed E-state index contributed by atoms with van der Waals surface area (Å²) in [5, 5.41) is 8.34. The lowest BCUT2D eigenvalue weighted by Gasteiger charge is -2.49. The number of hydrogen-bond donors (Lipinski definition) is 1. The SMILES string of the molecule is Cc1cccn2nc(N3CCNCC34CCCCC4)nc12. The van der Waals surface area contributed by atoms with E-state index in [1.165, 1.54) is 37.7 Å². The molecular formula is C16H23N5. The van der Waals surface area contributed by atoms with Gasteiger partial charge in [0.1, 0.15) is 0 Å². The highest BCUT2D eigenvalue weighted by molar-refractivity contribution is 5.52. The summed E-state index contributed by atoms with van der Waals surface area (Å²) in [6, 6.07) is 4.14. The Morgan fingerprint density at radius 2 is 2.10 bits per heavy atom. The van der Waals surface area contributed by atoms with Crippen molar-refractivity contribution in [1.29, 1.82) is 0 Å². The average Bonchev–Trinajstić information content (AvgIpc) is 2.94. The molecule has 2 fully saturated rings. The molecule has 0 bridgehead atoms. The molecule has 0 amide bonds. The molecule has 1 saturated carbocycles. The van der Waals surface area contributed by atoms with Gasteiger partial charge in [-0.2, -0.15) is 4.98 Å². The molecule has 1 aliphatic heterocycles. The van der Waals surface area contributed by atoms with Crippen molar-refractivity contribution in [3.05, 3.63) is 23.9 Å². The van der Waals surface area contributed by atoms with Crippen LogP contribution in [0.4, 0.5) is 5.95 Å². The molecule has 0 radical (unpaired) electrons. The third-order valence-electron chi connectivity index (χ3n) is 5.11. The number of pyridine rings is 1. The fraction of sp³-hybridized carbons (Fsp3) is 0.625. The van der Waals surface area contributed by atoms with E-state index in [4.69, 9.17) is 10.1 Å². The molecule has 4 rings (SSSR count). The van der Waals surface area contributed by atoms with Crippen LogP contribution in [0.1, 0.15) is 37.7 Å². The monoisotopic (exact) mass is 285 g/mol. The minimum absolute atomic E-state index is 0.231. The van der Waals surface area contributed by atoms with Gasteiger partial charge in [-0.25, -0.2) is 4.52 Å². The smallest absolute Gasteiger partial charge is 0.246 e. The van der Waals surface area contributed by atoms with Crippen LogP contribution in [0.15, 0.2) is 18.3 Å². The van der Waals surface area contributed by atoms with Gasteiger partial charge in [-0.05, 0) is 31.4 Å². The molecule has 1 spiro atoms. The van der Waals surface area contributed by atoms with Crippen molar-refractivity contribution in [3.63, 3.8) is 0 Å². The summed E-state index contributed by atoms with van der Waals surface area (Å²) in [6.07, 6.45) is 8.53. The molecule has 1 aliphatic carbocycles. The number of anilines is 1. The lowest BCUT2D eigenvalue weighted by atomic mass is 9.79. The maximum atomic E-state index is 4.84. The van der Waals surface area contributed by atoms with Gasteiger partial charge in [0.15, 0.2) is 5.65 Å². The predicted molar refractivity (Wildman–Crippen MR) is 83.8 cm³/mol. The van der Waals surface area contributed by atoms with Crippen molar-refractivity contribution in [1.82, 2.24) is 19.9 Å². The van der Waals surface area contributed by atoms with Gasteiger partial charge < -0.3 is 10.2 Å². The first kappa shape index (κ1) is 13.1. The van der Waals surface area contributed by atoms with Gasteiger partial charge in [-0.1, -0.05) is 25.3 Å². The Kier molecular flexibility index (Phi) is 3.10. The zero-order chi connectivity index (χ0) is 14.3.